The number of nitrogens with zero attached hydrogens (tertiary/aromatic N) is 4. The van der Waals surface area contributed by atoms with E-state index in [1.807, 2.05) is 30.1 Å². The molecule has 2 saturated heterocycles. The Morgan fingerprint density at radius 3 is 2.72 bits per heavy atom. The van der Waals surface area contributed by atoms with Gasteiger partial charge in [-0.1, -0.05) is 12.1 Å². The number of carbonyl (C=O) groups is 1. The molecule has 5 rings (SSSR count). The van der Waals surface area contributed by atoms with Crippen LogP contribution in [0.2, 0.25) is 0 Å². The zero-order chi connectivity index (χ0) is 22.1. The molecule has 2 aromatic heterocycles. The number of carbonyl (C=O) groups excluding carboxylic acids is 1. The number of hydrogen-bond acceptors (Lipinski definition) is 5. The Morgan fingerprint density at radius 2 is 1.97 bits per heavy atom. The number of aryl methyl sites for hydroxylation is 1. The zero-order valence-corrected chi connectivity index (χ0v) is 18.9. The van der Waals surface area contributed by atoms with Crippen LogP contribution >= 0.6 is 0 Å². The van der Waals surface area contributed by atoms with E-state index in [2.05, 4.69) is 50.6 Å². The summed E-state index contributed by atoms with van der Waals surface area (Å²) in [6.45, 7) is 5.49. The van der Waals surface area contributed by atoms with Gasteiger partial charge in [0.2, 0.25) is 5.91 Å². The number of amides is 1. The molecule has 7 nitrogen and oxygen atoms in total. The molecule has 2 fully saturated rings. The summed E-state index contributed by atoms with van der Waals surface area (Å²) < 4.78 is 2.00. The maximum Gasteiger partial charge on any atom is 0.228 e. The minimum Gasteiger partial charge on any atom is -0.334 e. The van der Waals surface area contributed by atoms with Crippen molar-refractivity contribution < 1.29 is 4.79 Å². The molecule has 0 saturated carbocycles. The van der Waals surface area contributed by atoms with Crippen LogP contribution in [0.3, 0.4) is 0 Å². The van der Waals surface area contributed by atoms with Crippen LogP contribution in [0.5, 0.6) is 0 Å². The lowest BCUT2D eigenvalue weighted by atomic mass is 9.88. The normalized spacial score (nSPS) is 22.8. The molecule has 7 heteroatoms. The van der Waals surface area contributed by atoms with E-state index in [0.29, 0.717) is 17.9 Å². The van der Waals surface area contributed by atoms with Gasteiger partial charge in [0.05, 0.1) is 18.2 Å². The van der Waals surface area contributed by atoms with E-state index >= 15 is 0 Å². The molecule has 2 aliphatic rings. The highest BCUT2D eigenvalue weighted by Gasteiger charge is 2.34. The molecule has 2 unspecified atom stereocenters. The first-order valence-electron chi connectivity index (χ1n) is 11.7. The lowest BCUT2D eigenvalue weighted by Gasteiger charge is -2.43. The summed E-state index contributed by atoms with van der Waals surface area (Å²) in [6.07, 6.45) is 9.75. The Hall–Kier alpha value is -2.77. The van der Waals surface area contributed by atoms with Gasteiger partial charge in [0, 0.05) is 42.2 Å². The second-order valence-electron chi connectivity index (χ2n) is 9.30. The van der Waals surface area contributed by atoms with Gasteiger partial charge in [0.1, 0.15) is 5.82 Å². The lowest BCUT2D eigenvalue weighted by Crippen LogP contribution is -2.51. The number of fused-ring (bicyclic) bond motifs is 1. The van der Waals surface area contributed by atoms with Crippen LogP contribution in [0.1, 0.15) is 32.6 Å². The Balaban J connectivity index is 1.27. The molecule has 2 atom stereocenters. The van der Waals surface area contributed by atoms with Crippen molar-refractivity contribution in [3.8, 4) is 11.3 Å². The lowest BCUT2D eigenvalue weighted by molar-refractivity contribution is -0.122. The number of benzene rings is 1. The van der Waals surface area contributed by atoms with E-state index in [1.165, 1.54) is 12.8 Å². The minimum atomic E-state index is 0.0428. The second kappa shape index (κ2) is 9.00. The Kier molecular flexibility index (Phi) is 5.93. The molecule has 32 heavy (non-hydrogen) atoms. The number of nitrogens with one attached hydrogen (secondary N) is 2. The topological polar surface area (TPSA) is 75.1 Å². The van der Waals surface area contributed by atoms with Gasteiger partial charge in [0.15, 0.2) is 0 Å². The molecule has 0 aliphatic carbocycles. The average Bonchev–Trinajstić information content (AvgIpc) is 3.25. The third-order valence-corrected chi connectivity index (χ3v) is 7.16. The Bertz CT molecular complexity index is 1100. The van der Waals surface area contributed by atoms with Gasteiger partial charge in [0.25, 0.3) is 0 Å². The van der Waals surface area contributed by atoms with Gasteiger partial charge in [-0.2, -0.15) is 0 Å². The van der Waals surface area contributed by atoms with E-state index in [4.69, 9.17) is 0 Å². The van der Waals surface area contributed by atoms with Gasteiger partial charge in [-0.25, -0.2) is 9.97 Å². The number of aromatic nitrogens is 3. The maximum atomic E-state index is 13.0. The smallest absolute Gasteiger partial charge is 0.228 e. The van der Waals surface area contributed by atoms with Crippen molar-refractivity contribution >= 4 is 22.5 Å². The number of pyridine rings is 1. The minimum absolute atomic E-state index is 0.0428. The van der Waals surface area contributed by atoms with E-state index in [1.54, 1.807) is 6.33 Å². The van der Waals surface area contributed by atoms with E-state index < -0.39 is 0 Å². The SMILES string of the molecule is CC1CC(C(=O)Nc2cc3cc(-c4cncn4C)ccc3cn2)CCN1C1CCNCC1. The highest BCUT2D eigenvalue weighted by atomic mass is 16.1. The third-order valence-electron chi connectivity index (χ3n) is 7.16. The molecule has 2 aliphatic heterocycles. The maximum absolute atomic E-state index is 13.0. The fourth-order valence-electron chi connectivity index (χ4n) is 5.34. The van der Waals surface area contributed by atoms with Crippen molar-refractivity contribution in [2.24, 2.45) is 13.0 Å². The molecule has 0 radical (unpaired) electrons. The van der Waals surface area contributed by atoms with Crippen molar-refractivity contribution in [3.05, 3.63) is 43.0 Å². The Morgan fingerprint density at radius 1 is 1.12 bits per heavy atom. The summed E-state index contributed by atoms with van der Waals surface area (Å²) in [5, 5.41) is 8.65. The summed E-state index contributed by atoms with van der Waals surface area (Å²) >= 11 is 0. The van der Waals surface area contributed by atoms with Crippen LogP contribution in [0.4, 0.5) is 5.82 Å². The third kappa shape index (κ3) is 4.27. The molecule has 0 spiro atoms. The predicted molar refractivity (Wildman–Crippen MR) is 127 cm³/mol. The summed E-state index contributed by atoms with van der Waals surface area (Å²) in [7, 11) is 1.99. The molecular weight excluding hydrogens is 400 g/mol. The average molecular weight is 433 g/mol. The summed E-state index contributed by atoms with van der Waals surface area (Å²) in [5.41, 5.74) is 2.16. The van der Waals surface area contributed by atoms with Crippen molar-refractivity contribution in [3.63, 3.8) is 0 Å². The van der Waals surface area contributed by atoms with Crippen molar-refractivity contribution in [2.75, 3.05) is 25.0 Å². The van der Waals surface area contributed by atoms with Gasteiger partial charge < -0.3 is 15.2 Å². The number of anilines is 1. The molecular formula is C25H32N6O. The fraction of sp³-hybridized carbons (Fsp3) is 0.480. The van der Waals surface area contributed by atoms with Gasteiger partial charge in [-0.15, -0.1) is 0 Å². The standard InChI is InChI=1S/C25H32N6O/c1-17-11-19(7-10-31(17)22-5-8-26-9-6-22)25(32)29-24-13-21-12-18(3-4-20(21)14-28-24)23-15-27-16-30(23)2/h3-4,12-17,19,22,26H,5-11H2,1-2H3,(H,28,29,32). The first-order valence-corrected chi connectivity index (χ1v) is 11.7. The van der Waals surface area contributed by atoms with Crippen molar-refractivity contribution in [1.29, 1.82) is 0 Å². The van der Waals surface area contributed by atoms with E-state index in [9.17, 15) is 4.79 Å². The van der Waals surface area contributed by atoms with Crippen LogP contribution in [-0.2, 0) is 11.8 Å². The molecule has 1 aromatic carbocycles. The van der Waals surface area contributed by atoms with Crippen LogP contribution in [0.15, 0.2) is 43.0 Å². The van der Waals surface area contributed by atoms with Crippen LogP contribution in [0, 0.1) is 5.92 Å². The highest BCUT2D eigenvalue weighted by molar-refractivity contribution is 5.95. The van der Waals surface area contributed by atoms with Crippen molar-refractivity contribution in [1.82, 2.24) is 24.8 Å². The number of imidazole rings is 1. The molecule has 168 valence electrons. The van der Waals surface area contributed by atoms with Crippen LogP contribution in [-0.4, -0.2) is 57.1 Å². The molecule has 4 heterocycles. The van der Waals surface area contributed by atoms with Gasteiger partial charge in [-0.3, -0.25) is 9.69 Å². The van der Waals surface area contributed by atoms with Crippen molar-refractivity contribution in [2.45, 2.75) is 44.7 Å². The van der Waals surface area contributed by atoms with Crippen LogP contribution < -0.4 is 10.6 Å². The number of piperidine rings is 2. The quantitative estimate of drug-likeness (QED) is 0.661. The molecule has 3 aromatic rings. The summed E-state index contributed by atoms with van der Waals surface area (Å²) in [6, 6.07) is 9.34. The van der Waals surface area contributed by atoms with E-state index in [0.717, 1.165) is 54.5 Å². The van der Waals surface area contributed by atoms with Gasteiger partial charge >= 0.3 is 0 Å². The fourth-order valence-corrected chi connectivity index (χ4v) is 5.34. The largest absolute Gasteiger partial charge is 0.334 e. The predicted octanol–water partition coefficient (Wildman–Crippen LogP) is 3.43. The van der Waals surface area contributed by atoms with Crippen LogP contribution in [0.25, 0.3) is 22.0 Å². The highest BCUT2D eigenvalue weighted by Crippen LogP contribution is 2.29. The second-order valence-corrected chi connectivity index (χ2v) is 9.30. The monoisotopic (exact) mass is 432 g/mol. The van der Waals surface area contributed by atoms with E-state index in [-0.39, 0.29) is 11.8 Å². The zero-order valence-electron chi connectivity index (χ0n) is 18.9. The molecule has 0 bridgehead atoms. The Labute approximate surface area is 189 Å². The summed E-state index contributed by atoms with van der Waals surface area (Å²) in [5.74, 6) is 0.760. The number of hydrogen-bond donors (Lipinski definition) is 2. The molecule has 2 N–H and O–H groups in total. The first kappa shape index (κ1) is 21.1. The van der Waals surface area contributed by atoms with Gasteiger partial charge in [-0.05, 0) is 69.8 Å². The number of likely N-dealkylation sites (tertiary alicyclic amines) is 1. The summed E-state index contributed by atoms with van der Waals surface area (Å²) in [4.78, 5) is 24.4. The first-order chi connectivity index (χ1) is 15.6. The molecule has 1 amide bonds. The number of rotatable bonds is 4.